The Morgan fingerprint density at radius 3 is 1.03 bits per heavy atom. The van der Waals surface area contributed by atoms with Crippen molar-refractivity contribution in [3.63, 3.8) is 0 Å². The summed E-state index contributed by atoms with van der Waals surface area (Å²) in [7, 11) is -5.81. The number of rotatable bonds is 76. The Hall–Kier alpha value is -3.31. The third-order valence-corrected chi connectivity index (χ3v) is 23.8. The topological polar surface area (TPSA) is 380 Å². The molecule has 10 N–H and O–H groups in total. The maximum atomic E-state index is 14.9. The van der Waals surface area contributed by atoms with Crippen LogP contribution in [0.25, 0.3) is 0 Å². The molecule has 0 aromatic rings. The molecule has 2 saturated heterocycles. The predicted molar refractivity (Wildman–Crippen MR) is 458 cm³/mol. The summed E-state index contributed by atoms with van der Waals surface area (Å²) in [5.74, 6) is -2.99. The largest absolute Gasteiger partial charge is 0.472 e. The Balaban J connectivity index is 1.91. The Morgan fingerprint density at radius 2 is 0.636 bits per heavy atom. The van der Waals surface area contributed by atoms with E-state index in [0.717, 1.165) is 154 Å². The Labute approximate surface area is 710 Å². The molecule has 3 aliphatic rings. The molecule has 0 spiro atoms. The van der Waals surface area contributed by atoms with Crippen LogP contribution in [0.2, 0.25) is 0 Å². The number of hydrogen-bond acceptors (Lipinski definition) is 24. The maximum Gasteiger partial charge on any atom is 0.472 e. The van der Waals surface area contributed by atoms with E-state index in [1.165, 1.54) is 141 Å². The van der Waals surface area contributed by atoms with Gasteiger partial charge in [-0.15, -0.1) is 0 Å². The average molecular weight is 1700 g/mol. The molecule has 2 aliphatic heterocycles. The van der Waals surface area contributed by atoms with Gasteiger partial charge < -0.3 is 88.7 Å². The number of allylic oxidation sites excluding steroid dienone is 6. The van der Waals surface area contributed by atoms with Crippen LogP contribution in [0, 0.1) is 0 Å². The van der Waals surface area contributed by atoms with E-state index >= 15 is 0 Å². The third kappa shape index (κ3) is 50.6. The summed E-state index contributed by atoms with van der Waals surface area (Å²) in [6, 6.07) is 0. The highest BCUT2D eigenvalue weighted by molar-refractivity contribution is 7.47. The van der Waals surface area contributed by atoms with Crippen LogP contribution in [0.3, 0.4) is 0 Å². The molecule has 3 fully saturated rings. The summed E-state index contributed by atoms with van der Waals surface area (Å²) in [6.07, 6.45) is 32.8. The van der Waals surface area contributed by atoms with Gasteiger partial charge in [-0.1, -0.05) is 302 Å². The highest BCUT2D eigenvalue weighted by atomic mass is 31.2. The second kappa shape index (κ2) is 70.9. The number of hydrogen-bond donors (Lipinski definition) is 10. The minimum atomic E-state index is -5.81. The summed E-state index contributed by atoms with van der Waals surface area (Å²) in [4.78, 5) is 66.4. The number of aliphatic hydroxyl groups excluding tert-OH is 9. The fourth-order valence-corrected chi connectivity index (χ4v) is 16.3. The quantitative estimate of drug-likeness (QED) is 0.00889. The first-order valence-corrected chi connectivity index (χ1v) is 48.7. The molecule has 18 unspecified atom stereocenters. The molecule has 0 radical (unpaired) electrons. The zero-order chi connectivity index (χ0) is 86.1. The molecule has 2 heterocycles. The summed E-state index contributed by atoms with van der Waals surface area (Å²) >= 11 is 0. The highest BCUT2D eigenvalue weighted by Gasteiger charge is 2.60. The summed E-state index contributed by atoms with van der Waals surface area (Å²) in [5.41, 5.74) is 0. The van der Waals surface area contributed by atoms with E-state index in [1.54, 1.807) is 0 Å². The molecule has 0 bridgehead atoms. The lowest BCUT2D eigenvalue weighted by atomic mass is 9.84. The molecular weight excluding hydrogens is 1540 g/mol. The predicted octanol–water partition coefficient (Wildman–Crippen LogP) is 17.5. The van der Waals surface area contributed by atoms with Crippen molar-refractivity contribution in [2.45, 2.75) is 498 Å². The lowest BCUT2D eigenvalue weighted by molar-refractivity contribution is -0.360. The smallest absolute Gasteiger partial charge is 0.463 e. The van der Waals surface area contributed by atoms with Gasteiger partial charge in [0.15, 0.2) is 24.8 Å². The van der Waals surface area contributed by atoms with E-state index in [2.05, 4.69) is 64.2 Å². The first kappa shape index (κ1) is 109. The molecule has 3 rings (SSSR count). The van der Waals surface area contributed by atoms with Gasteiger partial charge in [-0.25, -0.2) is 4.57 Å². The number of phosphoric ester groups is 1. The van der Waals surface area contributed by atoms with E-state index in [-0.39, 0.29) is 32.1 Å². The molecule has 0 aromatic heterocycles. The standard InChI is InChI=1S/C92H167O25P/c1-5-9-13-17-21-25-29-33-36-39-42-45-49-53-57-61-65-76(95)109-71-74-80(99)82(101)86(105)92(113-74)116-89-87(114-78(97)67-63-59-55-51-46-40-32-28-24-20-16-12-8-4)83(102)84(103)88(115-91-85(104)81(100)79(98)73(68-93)112-91)90(89)117-118(106,107)110-70-72(111-77(96)66-62-58-54-50-47-43-38-35-31-27-23-19-15-11-7-3)69-108-75(94)64-60-56-52-48-44-41-37-34-30-26-22-18-14-10-6-2/h26-27,30-31,40,46,72-74,79-93,98-105H,5-25,28-29,32-39,41-45,47-71H2,1-4H3,(H,106,107)/b30-26-,31-27-,46-40-. The molecular formula is C92H167O25P. The van der Waals surface area contributed by atoms with Crippen LogP contribution in [-0.2, 0) is 70.7 Å². The molecule has 118 heavy (non-hydrogen) atoms. The second-order valence-electron chi connectivity index (χ2n) is 33.5. The SMILES string of the molecule is CCCCCC/C=C\CCCCCCCCCC(=O)OCC(COP(=O)(O)OC1C(OC2OC(CO)C(O)C(O)C2O)C(O)C(O)C(OC(=O)CCCCC/C=C\CCCCCCCC)C1OC1OC(COC(=O)CCCCCCCCCCCCCCCCCC)C(O)C(O)C1O)OC(=O)CCCCCCCCC/C=C\CCCCCC. The van der Waals surface area contributed by atoms with E-state index in [1.807, 2.05) is 0 Å². The van der Waals surface area contributed by atoms with Crippen molar-refractivity contribution >= 4 is 31.7 Å². The second-order valence-corrected chi connectivity index (χ2v) is 34.9. The minimum absolute atomic E-state index is 0.0150. The molecule has 1 saturated carbocycles. The van der Waals surface area contributed by atoms with Crippen molar-refractivity contribution < 1.29 is 122 Å². The first-order valence-electron chi connectivity index (χ1n) is 47.2. The number of phosphoric acid groups is 1. The van der Waals surface area contributed by atoms with Crippen LogP contribution in [-0.4, -0.2) is 205 Å². The van der Waals surface area contributed by atoms with E-state index in [9.17, 15) is 74.6 Å². The van der Waals surface area contributed by atoms with Gasteiger partial charge in [-0.05, 0) is 103 Å². The van der Waals surface area contributed by atoms with Gasteiger partial charge in [0.25, 0.3) is 0 Å². The highest BCUT2D eigenvalue weighted by Crippen LogP contribution is 2.49. The Bertz CT molecular complexity index is 2600. The van der Waals surface area contributed by atoms with Crippen molar-refractivity contribution in [2.24, 2.45) is 0 Å². The third-order valence-electron chi connectivity index (χ3n) is 22.8. The molecule has 18 atom stereocenters. The lowest BCUT2D eigenvalue weighted by Crippen LogP contribution is -2.70. The number of carbonyl (C=O) groups excluding carboxylic acids is 4. The Morgan fingerprint density at radius 1 is 0.331 bits per heavy atom. The summed E-state index contributed by atoms with van der Waals surface area (Å²) < 4.78 is 73.4. The van der Waals surface area contributed by atoms with E-state index in [0.29, 0.717) is 38.5 Å². The van der Waals surface area contributed by atoms with Crippen molar-refractivity contribution in [1.29, 1.82) is 0 Å². The maximum absolute atomic E-state index is 14.9. The van der Waals surface area contributed by atoms with E-state index in [4.69, 9.17) is 46.9 Å². The Kier molecular flexibility index (Phi) is 65.4. The van der Waals surface area contributed by atoms with Gasteiger partial charge in [-0.3, -0.25) is 28.2 Å². The average Bonchev–Trinajstić information content (AvgIpc) is 0.754. The zero-order valence-electron chi connectivity index (χ0n) is 73.5. The van der Waals surface area contributed by atoms with Crippen molar-refractivity contribution in [2.75, 3.05) is 26.4 Å². The van der Waals surface area contributed by atoms with Crippen LogP contribution in [0.4, 0.5) is 0 Å². The minimum Gasteiger partial charge on any atom is -0.463 e. The fraction of sp³-hybridized carbons (Fsp3) is 0.891. The number of unbranched alkanes of at least 4 members (excludes halogenated alkanes) is 46. The number of carbonyl (C=O) groups is 4. The van der Waals surface area contributed by atoms with E-state index < -0.39 is 162 Å². The van der Waals surface area contributed by atoms with Crippen LogP contribution < -0.4 is 0 Å². The summed E-state index contributed by atoms with van der Waals surface area (Å²) in [6.45, 7) is 5.55. The lowest BCUT2D eigenvalue weighted by Gasteiger charge is -2.50. The van der Waals surface area contributed by atoms with Crippen LogP contribution in [0.15, 0.2) is 36.5 Å². The van der Waals surface area contributed by atoms with Crippen LogP contribution in [0.1, 0.15) is 394 Å². The molecule has 0 amide bonds. The molecule has 0 aromatic carbocycles. The van der Waals surface area contributed by atoms with Gasteiger partial charge in [-0.2, -0.15) is 0 Å². The van der Waals surface area contributed by atoms with Gasteiger partial charge >= 0.3 is 31.7 Å². The van der Waals surface area contributed by atoms with Crippen LogP contribution in [0.5, 0.6) is 0 Å². The van der Waals surface area contributed by atoms with Crippen LogP contribution >= 0.6 is 7.82 Å². The molecule has 25 nitrogen and oxygen atoms in total. The van der Waals surface area contributed by atoms with Gasteiger partial charge in [0.2, 0.25) is 0 Å². The van der Waals surface area contributed by atoms with Crippen molar-refractivity contribution in [1.82, 2.24) is 0 Å². The fourth-order valence-electron chi connectivity index (χ4n) is 15.3. The normalized spacial score (nSPS) is 25.1. The molecule has 26 heteroatoms. The number of aliphatic hydroxyl groups is 9. The number of esters is 4. The molecule has 1 aliphatic carbocycles. The monoisotopic (exact) mass is 1700 g/mol. The zero-order valence-corrected chi connectivity index (χ0v) is 74.4. The summed E-state index contributed by atoms with van der Waals surface area (Å²) in [5, 5.41) is 102. The van der Waals surface area contributed by atoms with Crippen molar-refractivity contribution in [3.05, 3.63) is 36.5 Å². The molecule has 690 valence electrons. The van der Waals surface area contributed by atoms with Crippen molar-refractivity contribution in [3.8, 4) is 0 Å². The van der Waals surface area contributed by atoms with Gasteiger partial charge in [0.05, 0.1) is 13.2 Å². The van der Waals surface area contributed by atoms with Gasteiger partial charge in [0.1, 0.15) is 92.6 Å². The van der Waals surface area contributed by atoms with Gasteiger partial charge in [0, 0.05) is 25.7 Å². The first-order chi connectivity index (χ1) is 57.2. The number of ether oxygens (including phenoxy) is 8.